The number of hydrogen-bond acceptors (Lipinski definition) is 14. The van der Waals surface area contributed by atoms with Gasteiger partial charge in [0.15, 0.2) is 12.6 Å². The average molecular weight is 1940 g/mol. The fraction of sp³-hybridized carbons (Fsp3) is 0.405. The van der Waals surface area contributed by atoms with Gasteiger partial charge in [0.05, 0.1) is 30.8 Å². The van der Waals surface area contributed by atoms with Crippen molar-refractivity contribution < 1.29 is 70.9 Å². The van der Waals surface area contributed by atoms with Gasteiger partial charge >= 0.3 is 290 Å². The third kappa shape index (κ3) is 45.7. The van der Waals surface area contributed by atoms with E-state index >= 15 is 0 Å². The summed E-state index contributed by atoms with van der Waals surface area (Å²) in [5.41, 5.74) is 6.07. The first-order valence-corrected chi connectivity index (χ1v) is 53.5. The minimum absolute atomic E-state index is 0. The maximum Gasteiger partial charge on any atom is 0.336 e. The number of aliphatic hydroxyl groups is 4. The van der Waals surface area contributed by atoms with Gasteiger partial charge in [-0.15, -0.1) is 0 Å². The third-order valence-electron chi connectivity index (χ3n) is 16.0. The number of carbonyl (C=O) groups is 2. The molecule has 0 atom stereocenters. The molecule has 0 aromatic heterocycles. The number of benzene rings is 8. The Morgan fingerprint density at radius 3 is 0.636 bits per heavy atom. The topological polar surface area (TPSA) is 391 Å². The quantitative estimate of drug-likeness (QED) is 0.00698. The second-order valence-corrected chi connectivity index (χ2v) is 41.8. The normalized spacial score (nSPS) is 10.0. The van der Waals surface area contributed by atoms with Gasteiger partial charge in [-0.25, -0.2) is 9.59 Å². The van der Waals surface area contributed by atoms with E-state index in [1.807, 2.05) is 0 Å². The SMILES string of the molecule is CCC[CH2][Sn][CH2]CCC.CCC[CH2][Sn][CH2]CCC.CCC[CH2][Sn][CH2]CCC.CCC[CH2][Sn][CH2]CCC.O.O.O=C(O)c1ccccc1-c1ccc([N+](=O)[O-])cc1.O=C(O)c1ccccc1-c1ccc([N+](=O)[O-])cc1.O=[N+]([O-])c1ccc(-c2ccccc2C(O)O)cc1.O=[N+]([O-])c1ccc(-c2ccccc2C(O)O)cc1. The predicted molar refractivity (Wildman–Crippen MR) is 450 cm³/mol. The van der Waals surface area contributed by atoms with E-state index in [4.69, 9.17) is 10.2 Å². The molecule has 8 aromatic rings. The number of nitrogens with zero attached hydrogens (tertiary/aromatic N) is 4. The molecule has 0 amide bonds. The van der Waals surface area contributed by atoms with Gasteiger partial charge in [-0.1, -0.05) is 84.9 Å². The molecule has 0 unspecified atom stereocenters. The maximum atomic E-state index is 11.1. The standard InChI is InChI=1S/2C13H11NO4.2C13H9NO4.8C4H9.2H2O.4Sn/c4*15-13(16)12-4-2-1-3-11(12)9-5-7-10(8-6-9)14(17)18;8*1-3-4-2;;;;;;/h2*1-8,13,15-16H;2*1-8H,(H,15,16);8*1,3-4H2,2H3;2*1H2;;;;. The molecule has 0 fully saturated rings. The van der Waals surface area contributed by atoms with Crippen LogP contribution in [-0.2, 0) is 0 Å². The van der Waals surface area contributed by atoms with Crippen LogP contribution in [0.1, 0.15) is 203 Å². The molecule has 8 rings (SSSR count). The molecule has 8 aromatic carbocycles. The smallest absolute Gasteiger partial charge is 0.336 e. The fourth-order valence-electron chi connectivity index (χ4n) is 9.78. The third-order valence-corrected chi connectivity index (χ3v) is 32.2. The molecule has 0 aliphatic rings. The first-order chi connectivity index (χ1) is 52.0. The number of aliphatic hydroxyl groups excluding tert-OH is 2. The van der Waals surface area contributed by atoms with E-state index in [1.165, 1.54) is 163 Å². The van der Waals surface area contributed by atoms with E-state index in [-0.39, 0.29) is 129 Å². The molecule has 0 aliphatic carbocycles. The molecular weight excluding hydrogens is 1830 g/mol. The first-order valence-electron chi connectivity index (χ1n) is 37.4. The van der Waals surface area contributed by atoms with Gasteiger partial charge < -0.3 is 41.6 Å². The molecule has 10 N–H and O–H groups in total. The number of carboxylic acids is 2. The number of nitro groups is 4. The van der Waals surface area contributed by atoms with Gasteiger partial charge in [0.1, 0.15) is 0 Å². The van der Waals surface area contributed by atoms with Crippen LogP contribution in [0.5, 0.6) is 0 Å². The molecule has 110 heavy (non-hydrogen) atoms. The number of unbranched alkanes of at least 4 members (excludes halogenated alkanes) is 8. The van der Waals surface area contributed by atoms with E-state index in [0.29, 0.717) is 55.6 Å². The number of rotatable bonds is 36. The molecule has 8 radical (unpaired) electrons. The van der Waals surface area contributed by atoms with Crippen molar-refractivity contribution >= 4 is 119 Å². The summed E-state index contributed by atoms with van der Waals surface area (Å²) >= 11 is 0.598. The summed E-state index contributed by atoms with van der Waals surface area (Å²) in [7, 11) is 0. The van der Waals surface area contributed by atoms with Gasteiger partial charge in [-0.05, 0) is 105 Å². The summed E-state index contributed by atoms with van der Waals surface area (Å²) in [5.74, 6) is -2.05. The molecular formula is C84H116N4O18Sn4. The first kappa shape index (κ1) is 105. The Bertz CT molecular complexity index is 3470. The number of non-ortho nitro benzene ring substituents is 4. The van der Waals surface area contributed by atoms with Crippen molar-refractivity contribution in [2.45, 2.75) is 206 Å². The number of aromatic carboxylic acids is 2. The van der Waals surface area contributed by atoms with Crippen LogP contribution in [-0.4, -0.2) is 158 Å². The molecule has 0 saturated heterocycles. The molecule has 26 heteroatoms. The van der Waals surface area contributed by atoms with Crippen LogP contribution in [0.25, 0.3) is 44.5 Å². The molecule has 0 bridgehead atoms. The van der Waals surface area contributed by atoms with Gasteiger partial charge in [0.2, 0.25) is 0 Å². The van der Waals surface area contributed by atoms with E-state index in [0.717, 1.165) is 0 Å². The van der Waals surface area contributed by atoms with Gasteiger partial charge in [-0.3, -0.25) is 40.5 Å². The summed E-state index contributed by atoms with van der Waals surface area (Å²) in [5, 5.41) is 97.3. The summed E-state index contributed by atoms with van der Waals surface area (Å²) < 4.78 is 13.0. The van der Waals surface area contributed by atoms with Crippen LogP contribution >= 0.6 is 0 Å². The van der Waals surface area contributed by atoms with Crippen LogP contribution in [0.2, 0.25) is 35.5 Å². The minimum Gasteiger partial charge on any atom is -0.478 e. The van der Waals surface area contributed by atoms with Gasteiger partial charge in [0.25, 0.3) is 22.7 Å². The summed E-state index contributed by atoms with van der Waals surface area (Å²) in [6, 6.07) is 50.1. The Morgan fingerprint density at radius 2 is 0.464 bits per heavy atom. The Balaban J connectivity index is 0. The van der Waals surface area contributed by atoms with Crippen molar-refractivity contribution in [2.24, 2.45) is 0 Å². The Kier molecular flexibility index (Phi) is 64.0. The van der Waals surface area contributed by atoms with E-state index < -0.39 is 44.2 Å². The summed E-state index contributed by atoms with van der Waals surface area (Å²) in [4.78, 5) is 62.4. The molecule has 596 valence electrons. The molecule has 22 nitrogen and oxygen atoms in total. The monoisotopic (exact) mass is 1950 g/mol. The Labute approximate surface area is 691 Å². The molecule has 0 spiro atoms. The second-order valence-electron chi connectivity index (χ2n) is 24.7. The van der Waals surface area contributed by atoms with Crippen molar-refractivity contribution in [1.29, 1.82) is 0 Å². The van der Waals surface area contributed by atoms with E-state index in [2.05, 4.69) is 55.4 Å². The summed E-state index contributed by atoms with van der Waals surface area (Å²) in [6.45, 7) is 18.3. The van der Waals surface area contributed by atoms with Crippen molar-refractivity contribution in [1.82, 2.24) is 0 Å². The predicted octanol–water partition coefficient (Wildman–Crippen LogP) is 21.3. The summed E-state index contributed by atoms with van der Waals surface area (Å²) in [6.07, 6.45) is 20.2. The number of carboxylic acid groups (broad SMARTS) is 2. The maximum absolute atomic E-state index is 11.1. The average Bonchev–Trinajstić information content (AvgIpc) is 0.848. The molecule has 0 saturated carbocycles. The van der Waals surface area contributed by atoms with Gasteiger partial charge in [0, 0.05) is 59.7 Å². The zero-order chi connectivity index (χ0) is 80.3. The Hall–Kier alpha value is -6.75. The zero-order valence-corrected chi connectivity index (χ0v) is 76.6. The zero-order valence-electron chi connectivity index (χ0n) is 65.2. The minimum atomic E-state index is -1.57. The second kappa shape index (κ2) is 66.8. The fourth-order valence-corrected chi connectivity index (χ4v) is 26.4. The molecule has 0 heterocycles. The van der Waals surface area contributed by atoms with Crippen LogP contribution in [0.3, 0.4) is 0 Å². The molecule has 0 aliphatic heterocycles. The number of hydrogen-bond donors (Lipinski definition) is 6. The van der Waals surface area contributed by atoms with Crippen molar-refractivity contribution in [3.05, 3.63) is 257 Å². The van der Waals surface area contributed by atoms with Crippen LogP contribution in [0, 0.1) is 40.5 Å². The van der Waals surface area contributed by atoms with E-state index in [1.54, 1.807) is 169 Å². The number of nitro benzene ring substituents is 4. The Morgan fingerprint density at radius 1 is 0.291 bits per heavy atom. The van der Waals surface area contributed by atoms with Crippen molar-refractivity contribution in [3.8, 4) is 44.5 Å². The van der Waals surface area contributed by atoms with Crippen LogP contribution in [0.15, 0.2) is 194 Å². The van der Waals surface area contributed by atoms with Gasteiger partial charge in [-0.2, -0.15) is 0 Å². The van der Waals surface area contributed by atoms with Crippen molar-refractivity contribution in [2.75, 3.05) is 0 Å². The largest absolute Gasteiger partial charge is 0.478 e. The van der Waals surface area contributed by atoms with Crippen molar-refractivity contribution in [3.63, 3.8) is 0 Å². The van der Waals surface area contributed by atoms with E-state index in [9.17, 15) is 70.5 Å². The van der Waals surface area contributed by atoms with Crippen LogP contribution in [0.4, 0.5) is 22.7 Å². The van der Waals surface area contributed by atoms with Crippen LogP contribution < -0.4 is 0 Å².